The van der Waals surface area contributed by atoms with Crippen LogP contribution in [0, 0.1) is 0 Å². The molecule has 2 rings (SSSR count). The second-order valence-corrected chi connectivity index (χ2v) is 11.4. The van der Waals surface area contributed by atoms with E-state index in [1.807, 2.05) is 77.9 Å². The van der Waals surface area contributed by atoms with Gasteiger partial charge in [-0.1, -0.05) is 68.2 Å². The number of carbonyl (C=O) groups excluding carboxylic acids is 2. The molecule has 0 heterocycles. The second-order valence-electron chi connectivity index (χ2n) is 11.4. The third kappa shape index (κ3) is 23.0. The smallest absolute Gasteiger partial charge is 0.410 e. The average molecular weight is 705 g/mol. The second kappa shape index (κ2) is 32.7. The molecule has 0 saturated carbocycles. The first kappa shape index (κ1) is 48.6. The molecule has 2 N–H and O–H groups in total. The molecule has 0 fully saturated rings. The fourth-order valence-corrected chi connectivity index (χ4v) is 4.82. The van der Waals surface area contributed by atoms with Crippen molar-refractivity contribution in [2.45, 2.75) is 120 Å². The van der Waals surface area contributed by atoms with Gasteiger partial charge in [0.2, 0.25) is 0 Å². The molecular weight excluding hydrogens is 632 g/mol. The molecule has 0 aromatic heterocycles. The molecule has 10 nitrogen and oxygen atoms in total. The van der Waals surface area contributed by atoms with E-state index in [4.69, 9.17) is 18.9 Å². The quantitative estimate of drug-likeness (QED) is 0.141. The van der Waals surface area contributed by atoms with Crippen LogP contribution in [0.25, 0.3) is 0 Å². The van der Waals surface area contributed by atoms with E-state index >= 15 is 0 Å². The first-order chi connectivity index (χ1) is 24.2. The molecule has 0 unspecified atom stereocenters. The van der Waals surface area contributed by atoms with Crippen molar-refractivity contribution in [3.8, 4) is 11.5 Å². The summed E-state index contributed by atoms with van der Waals surface area (Å²) in [7, 11) is 3.37. The lowest BCUT2D eigenvalue weighted by Crippen LogP contribution is -2.34. The van der Waals surface area contributed by atoms with Crippen LogP contribution in [0.3, 0.4) is 0 Å². The molecule has 2 amide bonds. The van der Waals surface area contributed by atoms with Crippen molar-refractivity contribution >= 4 is 23.6 Å². The molecular formula is C40H72N4O6. The van der Waals surface area contributed by atoms with Crippen molar-refractivity contribution < 1.29 is 28.5 Å². The molecule has 0 aliphatic rings. The molecule has 0 saturated heterocycles. The predicted octanol–water partition coefficient (Wildman–Crippen LogP) is 9.71. The Morgan fingerprint density at radius 3 is 1.16 bits per heavy atom. The standard InChI is InChI=1S/C18H30N2O4.C18H30N2O2.2C2H6/c1-5-6-15(2)19-18(21)24-17-9-7-16(8-10-17)20(11-13-22-3)12-14-23-4;1-5-8-15(4)19-18(21)22-17-11-9-16(10-12-17)20(13-6-2)14-7-3;2*1-2/h7-10,15H,5-6,11-14H2,1-4H3,(H,19,21);9-12,15H,5-8,13-14H2,1-4H3,(H,19,21);2*1-2H3/t2*15-;;/m11../s1. The zero-order valence-electron chi connectivity index (χ0n) is 33.6. The van der Waals surface area contributed by atoms with E-state index in [1.165, 1.54) is 5.69 Å². The highest BCUT2D eigenvalue weighted by Gasteiger charge is 2.12. The van der Waals surface area contributed by atoms with Gasteiger partial charge >= 0.3 is 12.2 Å². The third-order valence-electron chi connectivity index (χ3n) is 7.11. The van der Waals surface area contributed by atoms with Crippen molar-refractivity contribution in [1.29, 1.82) is 0 Å². The summed E-state index contributed by atoms with van der Waals surface area (Å²) in [6.07, 6.45) is 5.40. The van der Waals surface area contributed by atoms with E-state index in [9.17, 15) is 9.59 Å². The zero-order valence-corrected chi connectivity index (χ0v) is 33.6. The van der Waals surface area contributed by atoms with E-state index in [-0.39, 0.29) is 18.2 Å². The lowest BCUT2D eigenvalue weighted by Gasteiger charge is -2.24. The van der Waals surface area contributed by atoms with Crippen LogP contribution < -0.4 is 29.9 Å². The van der Waals surface area contributed by atoms with E-state index in [0.29, 0.717) is 24.7 Å². The minimum atomic E-state index is -0.417. The topological polar surface area (TPSA) is 102 Å². The molecule has 10 heteroatoms. The van der Waals surface area contributed by atoms with Gasteiger partial charge in [-0.05, 0) is 88.1 Å². The number of hydrogen-bond donors (Lipinski definition) is 2. The van der Waals surface area contributed by atoms with E-state index in [1.54, 1.807) is 26.4 Å². The maximum Gasteiger partial charge on any atom is 0.412 e. The highest BCUT2D eigenvalue weighted by atomic mass is 16.6. The predicted molar refractivity (Wildman–Crippen MR) is 211 cm³/mol. The van der Waals surface area contributed by atoms with Gasteiger partial charge in [-0.3, -0.25) is 0 Å². The molecule has 0 radical (unpaired) electrons. The Balaban J connectivity index is 0. The number of carbonyl (C=O) groups is 2. The third-order valence-corrected chi connectivity index (χ3v) is 7.11. The van der Waals surface area contributed by atoms with Gasteiger partial charge in [-0.2, -0.15) is 0 Å². The number of anilines is 2. The molecule has 0 aliphatic heterocycles. The monoisotopic (exact) mass is 705 g/mol. The van der Waals surface area contributed by atoms with Crippen molar-refractivity contribution in [2.75, 3.05) is 63.4 Å². The van der Waals surface area contributed by atoms with Gasteiger partial charge in [-0.15, -0.1) is 0 Å². The van der Waals surface area contributed by atoms with Crippen molar-refractivity contribution in [3.63, 3.8) is 0 Å². The van der Waals surface area contributed by atoms with Gasteiger partial charge in [0.05, 0.1) is 13.2 Å². The SMILES string of the molecule is CC.CC.CCC[C@@H](C)NC(=O)Oc1ccc(N(CCC)CCC)cc1.CCC[C@@H](C)NC(=O)Oc1ccc(N(CCOC)CCOC)cc1. The van der Waals surface area contributed by atoms with Crippen LogP contribution in [0.2, 0.25) is 0 Å². The summed E-state index contributed by atoms with van der Waals surface area (Å²) in [5, 5.41) is 5.65. The van der Waals surface area contributed by atoms with Gasteiger partial charge in [0.1, 0.15) is 11.5 Å². The van der Waals surface area contributed by atoms with Crippen LogP contribution in [0.4, 0.5) is 21.0 Å². The minimum Gasteiger partial charge on any atom is -0.410 e. The van der Waals surface area contributed by atoms with Crippen LogP contribution in [-0.4, -0.2) is 77.9 Å². The van der Waals surface area contributed by atoms with Crippen LogP contribution >= 0.6 is 0 Å². The number of methoxy groups -OCH3 is 2. The molecule has 2 aromatic carbocycles. The summed E-state index contributed by atoms with van der Waals surface area (Å²) in [6, 6.07) is 15.5. The molecule has 0 bridgehead atoms. The Morgan fingerprint density at radius 2 is 0.880 bits per heavy atom. The Bertz CT molecular complexity index is 1050. The molecule has 2 atom stereocenters. The number of nitrogens with one attached hydrogen (secondary N) is 2. The Hall–Kier alpha value is -3.50. The van der Waals surface area contributed by atoms with Crippen LogP contribution in [0.1, 0.15) is 108 Å². The van der Waals surface area contributed by atoms with Crippen LogP contribution in [-0.2, 0) is 9.47 Å². The maximum atomic E-state index is 11.8. The number of ether oxygens (including phenoxy) is 4. The fourth-order valence-electron chi connectivity index (χ4n) is 4.82. The van der Waals surface area contributed by atoms with E-state index in [0.717, 1.165) is 70.4 Å². The highest BCUT2D eigenvalue weighted by Crippen LogP contribution is 2.21. The Labute approximate surface area is 305 Å². The van der Waals surface area contributed by atoms with Gasteiger partial charge in [-0.25, -0.2) is 9.59 Å². The fraction of sp³-hybridized carbons (Fsp3) is 0.650. The Kier molecular flexibility index (Phi) is 31.8. The molecule has 50 heavy (non-hydrogen) atoms. The number of rotatable bonds is 20. The van der Waals surface area contributed by atoms with E-state index in [2.05, 4.69) is 48.1 Å². The van der Waals surface area contributed by atoms with Crippen molar-refractivity contribution in [3.05, 3.63) is 48.5 Å². The van der Waals surface area contributed by atoms with Gasteiger partial charge < -0.3 is 39.4 Å². The van der Waals surface area contributed by atoms with E-state index < -0.39 is 6.09 Å². The largest absolute Gasteiger partial charge is 0.412 e. The zero-order chi connectivity index (χ0) is 38.2. The maximum absolute atomic E-state index is 11.8. The summed E-state index contributed by atoms with van der Waals surface area (Å²) in [5.41, 5.74) is 2.21. The summed E-state index contributed by atoms with van der Waals surface area (Å²) < 4.78 is 20.9. The van der Waals surface area contributed by atoms with Crippen molar-refractivity contribution in [1.82, 2.24) is 10.6 Å². The summed E-state index contributed by atoms with van der Waals surface area (Å²) in [5.74, 6) is 1.11. The summed E-state index contributed by atoms with van der Waals surface area (Å²) >= 11 is 0. The first-order valence-corrected chi connectivity index (χ1v) is 18.9. The molecule has 0 aliphatic carbocycles. The lowest BCUT2D eigenvalue weighted by atomic mass is 10.2. The molecule has 2 aromatic rings. The lowest BCUT2D eigenvalue weighted by molar-refractivity contribution is 0.190. The number of nitrogens with zero attached hydrogens (tertiary/aromatic N) is 2. The van der Waals surface area contributed by atoms with Crippen LogP contribution in [0.15, 0.2) is 48.5 Å². The molecule has 288 valence electrons. The number of benzene rings is 2. The highest BCUT2D eigenvalue weighted by molar-refractivity contribution is 5.71. The molecule has 0 spiro atoms. The summed E-state index contributed by atoms with van der Waals surface area (Å²) in [6.45, 7) is 25.4. The number of hydrogen-bond acceptors (Lipinski definition) is 8. The Morgan fingerprint density at radius 1 is 0.560 bits per heavy atom. The average Bonchev–Trinajstić information content (AvgIpc) is 3.11. The van der Waals surface area contributed by atoms with Crippen molar-refractivity contribution in [2.24, 2.45) is 0 Å². The van der Waals surface area contributed by atoms with Gasteiger partial charge in [0.15, 0.2) is 0 Å². The number of amides is 2. The van der Waals surface area contributed by atoms with Gasteiger partial charge in [0, 0.05) is 63.9 Å². The summed E-state index contributed by atoms with van der Waals surface area (Å²) in [4.78, 5) is 28.1. The van der Waals surface area contributed by atoms with Gasteiger partial charge in [0.25, 0.3) is 0 Å². The normalized spacial score (nSPS) is 11.1. The van der Waals surface area contributed by atoms with Crippen LogP contribution in [0.5, 0.6) is 11.5 Å². The first-order valence-electron chi connectivity index (χ1n) is 18.9. The minimum absolute atomic E-state index is 0.111.